The summed E-state index contributed by atoms with van der Waals surface area (Å²) in [5.41, 5.74) is 2.59. The molecule has 1 aliphatic carbocycles. The number of thioether (sulfide) groups is 1. The van der Waals surface area contributed by atoms with Crippen LogP contribution in [0.4, 0.5) is 0 Å². The van der Waals surface area contributed by atoms with Crippen LogP contribution >= 0.6 is 11.8 Å². The zero-order chi connectivity index (χ0) is 11.7. The second kappa shape index (κ2) is 4.73. The zero-order valence-electron chi connectivity index (χ0n) is 9.87. The minimum absolute atomic E-state index is 0.177. The highest BCUT2D eigenvalue weighted by Crippen LogP contribution is 2.30. The van der Waals surface area contributed by atoms with Crippen molar-refractivity contribution >= 4 is 17.7 Å². The van der Waals surface area contributed by atoms with Gasteiger partial charge in [0.2, 0.25) is 5.91 Å². The van der Waals surface area contributed by atoms with E-state index in [1.807, 2.05) is 11.8 Å². The molecule has 0 unspecified atom stereocenters. The summed E-state index contributed by atoms with van der Waals surface area (Å²) in [6.45, 7) is 0. The van der Waals surface area contributed by atoms with Gasteiger partial charge in [0.15, 0.2) is 0 Å². The van der Waals surface area contributed by atoms with Crippen LogP contribution in [0.1, 0.15) is 30.4 Å². The highest BCUT2D eigenvalue weighted by Gasteiger charge is 2.23. The van der Waals surface area contributed by atoms with E-state index in [9.17, 15) is 4.79 Å². The number of benzene rings is 1. The Morgan fingerprint density at radius 1 is 1.41 bits per heavy atom. The Labute approximate surface area is 106 Å². The summed E-state index contributed by atoms with van der Waals surface area (Å²) in [5.74, 6) is 1.41. The van der Waals surface area contributed by atoms with E-state index >= 15 is 0 Å². The van der Waals surface area contributed by atoms with Gasteiger partial charge < -0.3 is 5.32 Å². The molecule has 1 aromatic carbocycles. The van der Waals surface area contributed by atoms with Gasteiger partial charge >= 0.3 is 0 Å². The first-order chi connectivity index (χ1) is 8.31. The lowest BCUT2D eigenvalue weighted by Crippen LogP contribution is -2.27. The van der Waals surface area contributed by atoms with E-state index in [4.69, 9.17) is 0 Å². The van der Waals surface area contributed by atoms with Crippen molar-refractivity contribution in [3.8, 4) is 0 Å². The van der Waals surface area contributed by atoms with E-state index in [0.717, 1.165) is 18.4 Å². The van der Waals surface area contributed by atoms with Crippen molar-refractivity contribution in [3.05, 3.63) is 29.3 Å². The van der Waals surface area contributed by atoms with E-state index in [1.165, 1.54) is 29.1 Å². The molecule has 1 aliphatic heterocycles. The first-order valence-electron chi connectivity index (χ1n) is 6.35. The van der Waals surface area contributed by atoms with Crippen molar-refractivity contribution in [2.24, 2.45) is 0 Å². The molecule has 1 aromatic rings. The van der Waals surface area contributed by atoms with Gasteiger partial charge in [-0.15, -0.1) is 11.8 Å². The van der Waals surface area contributed by atoms with Crippen LogP contribution in [0.2, 0.25) is 0 Å². The topological polar surface area (TPSA) is 29.1 Å². The summed E-state index contributed by atoms with van der Waals surface area (Å²) in [4.78, 5) is 13.1. The van der Waals surface area contributed by atoms with Crippen LogP contribution in [0.5, 0.6) is 0 Å². The highest BCUT2D eigenvalue weighted by atomic mass is 32.2. The van der Waals surface area contributed by atoms with E-state index in [2.05, 4.69) is 23.5 Å². The maximum absolute atomic E-state index is 11.7. The molecule has 3 rings (SSSR count). The summed E-state index contributed by atoms with van der Waals surface area (Å²) in [7, 11) is 0. The third-order valence-electron chi connectivity index (χ3n) is 3.28. The summed E-state index contributed by atoms with van der Waals surface area (Å²) in [6, 6.07) is 6.96. The van der Waals surface area contributed by atoms with Crippen LogP contribution in [0, 0.1) is 0 Å². The molecule has 1 saturated carbocycles. The minimum Gasteiger partial charge on any atom is -0.353 e. The molecule has 1 amide bonds. The molecular weight excluding hydrogens is 230 g/mol. The van der Waals surface area contributed by atoms with Crippen molar-refractivity contribution < 1.29 is 4.79 Å². The molecule has 0 radical (unpaired) electrons. The quantitative estimate of drug-likeness (QED) is 0.889. The van der Waals surface area contributed by atoms with Gasteiger partial charge in [-0.3, -0.25) is 4.79 Å². The Morgan fingerprint density at radius 2 is 2.29 bits per heavy atom. The zero-order valence-corrected chi connectivity index (χ0v) is 10.7. The second-order valence-corrected chi connectivity index (χ2v) is 6.05. The summed E-state index contributed by atoms with van der Waals surface area (Å²) in [6.07, 6.45) is 5.28. The third-order valence-corrected chi connectivity index (χ3v) is 4.48. The van der Waals surface area contributed by atoms with Crippen LogP contribution in [0.15, 0.2) is 23.1 Å². The molecule has 0 aromatic heterocycles. The van der Waals surface area contributed by atoms with Crippen LogP contribution < -0.4 is 5.32 Å². The van der Waals surface area contributed by atoms with Crippen molar-refractivity contribution in [2.75, 3.05) is 5.75 Å². The molecule has 0 saturated heterocycles. The van der Waals surface area contributed by atoms with Crippen LogP contribution in [0.3, 0.4) is 0 Å². The molecule has 2 nitrogen and oxygen atoms in total. The molecule has 90 valence electrons. The van der Waals surface area contributed by atoms with E-state index in [0.29, 0.717) is 12.5 Å². The van der Waals surface area contributed by atoms with Crippen molar-refractivity contribution in [3.63, 3.8) is 0 Å². The Bertz CT molecular complexity index is 440. The third kappa shape index (κ3) is 2.83. The molecular formula is C14H17NOS. The lowest BCUT2D eigenvalue weighted by Gasteiger charge is -2.16. The molecule has 1 heterocycles. The van der Waals surface area contributed by atoms with Gasteiger partial charge in [-0.1, -0.05) is 12.1 Å². The lowest BCUT2D eigenvalue weighted by atomic mass is 10.0. The number of carbonyl (C=O) groups is 1. The van der Waals surface area contributed by atoms with Crippen molar-refractivity contribution in [1.29, 1.82) is 0 Å². The van der Waals surface area contributed by atoms with Crippen LogP contribution in [-0.2, 0) is 17.6 Å². The molecule has 2 aliphatic rings. The van der Waals surface area contributed by atoms with Gasteiger partial charge in [0.25, 0.3) is 0 Å². The van der Waals surface area contributed by atoms with Crippen LogP contribution in [0.25, 0.3) is 0 Å². The minimum atomic E-state index is 0.177. The van der Waals surface area contributed by atoms with E-state index in [1.54, 1.807) is 0 Å². The molecule has 17 heavy (non-hydrogen) atoms. The number of fused-ring (bicyclic) bond motifs is 1. The van der Waals surface area contributed by atoms with Gasteiger partial charge in [0.1, 0.15) is 0 Å². The molecule has 3 heteroatoms. The summed E-state index contributed by atoms with van der Waals surface area (Å²) >= 11 is 1.94. The molecule has 0 bridgehead atoms. The fourth-order valence-electron chi connectivity index (χ4n) is 2.22. The molecule has 1 N–H and O–H groups in total. The van der Waals surface area contributed by atoms with E-state index < -0.39 is 0 Å². The number of hydrogen-bond acceptors (Lipinski definition) is 2. The van der Waals surface area contributed by atoms with Gasteiger partial charge in [-0.05, 0) is 48.6 Å². The summed E-state index contributed by atoms with van der Waals surface area (Å²) in [5, 5.41) is 3.04. The normalized spacial score (nSPS) is 18.6. The first kappa shape index (κ1) is 11.1. The standard InChI is InChI=1S/C14H17NOS/c16-14(15-12-4-5-12)9-10-3-6-13-11(8-10)2-1-7-17-13/h3,6,8,12H,1-2,4-5,7,9H2,(H,15,16). The maximum atomic E-state index is 11.7. The second-order valence-electron chi connectivity index (χ2n) is 4.91. The average Bonchev–Trinajstić information content (AvgIpc) is 3.12. The fraction of sp³-hybridized carbons (Fsp3) is 0.500. The van der Waals surface area contributed by atoms with Crippen molar-refractivity contribution in [1.82, 2.24) is 5.32 Å². The number of hydrogen-bond donors (Lipinski definition) is 1. The SMILES string of the molecule is O=C(Cc1ccc2c(c1)CCCS2)NC1CC1. The average molecular weight is 247 g/mol. The summed E-state index contributed by atoms with van der Waals surface area (Å²) < 4.78 is 0. The molecule has 1 fully saturated rings. The number of amides is 1. The number of carbonyl (C=O) groups excluding carboxylic acids is 1. The highest BCUT2D eigenvalue weighted by molar-refractivity contribution is 7.99. The van der Waals surface area contributed by atoms with Crippen LogP contribution in [-0.4, -0.2) is 17.7 Å². The Kier molecular flexibility index (Phi) is 3.10. The number of rotatable bonds is 3. The molecule has 0 spiro atoms. The number of nitrogens with one attached hydrogen (secondary N) is 1. The monoisotopic (exact) mass is 247 g/mol. The van der Waals surface area contributed by atoms with Gasteiger partial charge in [0.05, 0.1) is 6.42 Å². The van der Waals surface area contributed by atoms with Crippen molar-refractivity contribution in [2.45, 2.75) is 43.0 Å². The Balaban J connectivity index is 1.67. The Morgan fingerprint density at radius 3 is 3.12 bits per heavy atom. The first-order valence-corrected chi connectivity index (χ1v) is 7.34. The van der Waals surface area contributed by atoms with Gasteiger partial charge in [0, 0.05) is 10.9 Å². The number of aryl methyl sites for hydroxylation is 1. The maximum Gasteiger partial charge on any atom is 0.224 e. The lowest BCUT2D eigenvalue weighted by molar-refractivity contribution is -0.120. The van der Waals surface area contributed by atoms with E-state index in [-0.39, 0.29) is 5.91 Å². The Hall–Kier alpha value is -0.960. The van der Waals surface area contributed by atoms with Gasteiger partial charge in [-0.25, -0.2) is 0 Å². The predicted octanol–water partition coefficient (Wildman–Crippen LogP) is 2.55. The van der Waals surface area contributed by atoms with Gasteiger partial charge in [-0.2, -0.15) is 0 Å². The smallest absolute Gasteiger partial charge is 0.224 e. The largest absolute Gasteiger partial charge is 0.353 e. The molecule has 0 atom stereocenters. The predicted molar refractivity (Wildman–Crippen MR) is 70.4 cm³/mol. The fourth-order valence-corrected chi connectivity index (χ4v) is 3.23.